The van der Waals surface area contributed by atoms with Crippen molar-refractivity contribution in [2.75, 3.05) is 7.05 Å². The lowest BCUT2D eigenvalue weighted by Crippen LogP contribution is -2.23. The molecule has 1 fully saturated rings. The number of benzene rings is 1. The molecule has 1 N–H and O–H groups in total. The molecule has 0 aliphatic carbocycles. The summed E-state index contributed by atoms with van der Waals surface area (Å²) in [7, 11) is 1.68. The topological polar surface area (TPSA) is 65.8 Å². The molecule has 1 aromatic heterocycles. The summed E-state index contributed by atoms with van der Waals surface area (Å²) in [6, 6.07) is 12.1. The van der Waals surface area contributed by atoms with Gasteiger partial charge in [-0.1, -0.05) is 12.1 Å². The summed E-state index contributed by atoms with van der Waals surface area (Å²) in [4.78, 5) is 22.9. The van der Waals surface area contributed by atoms with Crippen molar-refractivity contribution in [3.05, 3.63) is 59.3 Å². The quantitative estimate of drug-likeness (QED) is 0.866. The third-order valence-electron chi connectivity index (χ3n) is 3.02. The molecule has 2 aromatic rings. The molecule has 6 heteroatoms. The van der Waals surface area contributed by atoms with Gasteiger partial charge in [0, 0.05) is 19.3 Å². The molecule has 2 heterocycles. The maximum atomic E-state index is 12.3. The van der Waals surface area contributed by atoms with Crippen molar-refractivity contribution in [2.45, 2.75) is 0 Å². The molecule has 0 saturated carbocycles. The number of likely N-dealkylation sites (N-methyl/N-ethyl adjacent to an activating group) is 1. The van der Waals surface area contributed by atoms with Gasteiger partial charge in [0.05, 0.1) is 16.3 Å². The van der Waals surface area contributed by atoms with E-state index in [1.807, 2.05) is 18.2 Å². The number of aromatic nitrogens is 1. The zero-order valence-electron chi connectivity index (χ0n) is 11.8. The molecule has 0 atom stereocenters. The van der Waals surface area contributed by atoms with Gasteiger partial charge in [-0.3, -0.25) is 14.7 Å². The Labute approximate surface area is 132 Å². The number of nitrogens with zero attached hydrogens (tertiary/aromatic N) is 3. The van der Waals surface area contributed by atoms with Crippen LogP contribution in [0.3, 0.4) is 0 Å². The van der Waals surface area contributed by atoms with Crippen LogP contribution < -0.4 is 0 Å². The number of amides is 1. The normalized spacial score (nSPS) is 18.4. The summed E-state index contributed by atoms with van der Waals surface area (Å²) in [5.74, 6) is 0.0256. The van der Waals surface area contributed by atoms with E-state index in [9.17, 15) is 9.90 Å². The third kappa shape index (κ3) is 3.01. The number of pyridine rings is 1. The van der Waals surface area contributed by atoms with Gasteiger partial charge in [0.2, 0.25) is 0 Å². The van der Waals surface area contributed by atoms with Gasteiger partial charge in [0.1, 0.15) is 5.75 Å². The van der Waals surface area contributed by atoms with E-state index in [0.717, 1.165) is 5.69 Å². The van der Waals surface area contributed by atoms with Gasteiger partial charge in [-0.15, -0.1) is 0 Å². The van der Waals surface area contributed by atoms with E-state index in [2.05, 4.69) is 9.98 Å². The lowest BCUT2D eigenvalue weighted by atomic mass is 10.3. The van der Waals surface area contributed by atoms with Crippen LogP contribution in [-0.4, -0.2) is 33.1 Å². The van der Waals surface area contributed by atoms with Crippen LogP contribution in [-0.2, 0) is 4.79 Å². The number of amidine groups is 1. The molecule has 22 heavy (non-hydrogen) atoms. The molecule has 3 rings (SSSR count). The fourth-order valence-corrected chi connectivity index (χ4v) is 2.89. The van der Waals surface area contributed by atoms with E-state index in [4.69, 9.17) is 0 Å². The van der Waals surface area contributed by atoms with Crippen LogP contribution in [0.2, 0.25) is 0 Å². The van der Waals surface area contributed by atoms with Gasteiger partial charge < -0.3 is 5.11 Å². The highest BCUT2D eigenvalue weighted by Crippen LogP contribution is 2.33. The lowest BCUT2D eigenvalue weighted by Gasteiger charge is -2.07. The summed E-state index contributed by atoms with van der Waals surface area (Å²) < 4.78 is 0. The van der Waals surface area contributed by atoms with Crippen molar-refractivity contribution in [3.8, 4) is 5.75 Å². The van der Waals surface area contributed by atoms with Gasteiger partial charge in [0.15, 0.2) is 5.17 Å². The Bertz CT molecular complexity index is 772. The van der Waals surface area contributed by atoms with Crippen LogP contribution in [0.5, 0.6) is 5.75 Å². The number of thioether (sulfide) groups is 1. The Morgan fingerprint density at radius 3 is 2.86 bits per heavy atom. The molecule has 1 amide bonds. The first-order valence-corrected chi connectivity index (χ1v) is 7.41. The fourth-order valence-electron chi connectivity index (χ4n) is 1.92. The Morgan fingerprint density at radius 2 is 2.14 bits per heavy atom. The monoisotopic (exact) mass is 311 g/mol. The third-order valence-corrected chi connectivity index (χ3v) is 4.08. The fraction of sp³-hybridized carbons (Fsp3) is 0.0625. The SMILES string of the molecule is CN1C(=O)/C(=C/c2ccccn2)SC1=Nc1cccc(O)c1. The summed E-state index contributed by atoms with van der Waals surface area (Å²) >= 11 is 1.29. The minimum absolute atomic E-state index is 0.116. The standard InChI is InChI=1S/C16H13N3O2S/c1-19-15(21)14(10-11-5-2-3-8-17-11)22-16(19)18-12-6-4-7-13(20)9-12/h2-10,20H,1H3/b14-10-,18-16?. The number of phenolic OH excluding ortho intramolecular Hbond substituents is 1. The van der Waals surface area contributed by atoms with Crippen LogP contribution in [0.25, 0.3) is 6.08 Å². The highest BCUT2D eigenvalue weighted by Gasteiger charge is 2.30. The summed E-state index contributed by atoms with van der Waals surface area (Å²) in [5, 5.41) is 10.0. The smallest absolute Gasteiger partial charge is 0.266 e. The van der Waals surface area contributed by atoms with E-state index in [1.54, 1.807) is 43.6 Å². The molecule has 0 radical (unpaired) electrons. The van der Waals surface area contributed by atoms with Crippen molar-refractivity contribution in [3.63, 3.8) is 0 Å². The molecule has 1 aliphatic rings. The maximum absolute atomic E-state index is 12.3. The number of aliphatic imine (C=N–C) groups is 1. The Morgan fingerprint density at radius 1 is 1.27 bits per heavy atom. The summed E-state index contributed by atoms with van der Waals surface area (Å²) in [6.07, 6.45) is 3.43. The molecule has 0 spiro atoms. The van der Waals surface area contributed by atoms with E-state index in [-0.39, 0.29) is 11.7 Å². The van der Waals surface area contributed by atoms with Gasteiger partial charge in [0.25, 0.3) is 5.91 Å². The second kappa shape index (κ2) is 6.03. The molecule has 1 aliphatic heterocycles. The number of rotatable bonds is 2. The zero-order chi connectivity index (χ0) is 15.5. The van der Waals surface area contributed by atoms with Gasteiger partial charge in [-0.25, -0.2) is 4.99 Å². The van der Waals surface area contributed by atoms with Crippen LogP contribution >= 0.6 is 11.8 Å². The van der Waals surface area contributed by atoms with Crippen molar-refractivity contribution in [1.82, 2.24) is 9.88 Å². The van der Waals surface area contributed by atoms with E-state index in [0.29, 0.717) is 15.8 Å². The number of carbonyl (C=O) groups is 1. The van der Waals surface area contributed by atoms with Crippen LogP contribution in [0.15, 0.2) is 58.6 Å². The minimum Gasteiger partial charge on any atom is -0.508 e. The zero-order valence-corrected chi connectivity index (χ0v) is 12.6. The predicted octanol–water partition coefficient (Wildman–Crippen LogP) is 3.02. The van der Waals surface area contributed by atoms with E-state index < -0.39 is 0 Å². The number of hydrogen-bond acceptors (Lipinski definition) is 5. The van der Waals surface area contributed by atoms with Crippen LogP contribution in [0, 0.1) is 0 Å². The Kier molecular flexibility index (Phi) is 3.93. The van der Waals surface area contributed by atoms with Gasteiger partial charge in [-0.05, 0) is 42.1 Å². The molecule has 1 saturated heterocycles. The van der Waals surface area contributed by atoms with Crippen molar-refractivity contribution in [1.29, 1.82) is 0 Å². The van der Waals surface area contributed by atoms with Crippen molar-refractivity contribution < 1.29 is 9.90 Å². The molecular weight excluding hydrogens is 298 g/mol. The Hall–Kier alpha value is -2.60. The largest absolute Gasteiger partial charge is 0.508 e. The van der Waals surface area contributed by atoms with Crippen LogP contribution in [0.4, 0.5) is 5.69 Å². The van der Waals surface area contributed by atoms with Gasteiger partial charge in [-0.2, -0.15) is 0 Å². The second-order valence-electron chi connectivity index (χ2n) is 4.64. The van der Waals surface area contributed by atoms with Crippen molar-refractivity contribution >= 4 is 34.6 Å². The summed E-state index contributed by atoms with van der Waals surface area (Å²) in [6.45, 7) is 0. The average molecular weight is 311 g/mol. The molecule has 1 aromatic carbocycles. The van der Waals surface area contributed by atoms with Crippen molar-refractivity contribution in [2.24, 2.45) is 4.99 Å². The van der Waals surface area contributed by atoms with Gasteiger partial charge >= 0.3 is 0 Å². The molecule has 0 unspecified atom stereocenters. The molecule has 110 valence electrons. The number of carbonyl (C=O) groups excluding carboxylic acids is 1. The lowest BCUT2D eigenvalue weighted by molar-refractivity contribution is -0.121. The molecular formula is C16H13N3O2S. The first-order valence-electron chi connectivity index (χ1n) is 6.60. The minimum atomic E-state index is -0.116. The number of aromatic hydroxyl groups is 1. The highest BCUT2D eigenvalue weighted by molar-refractivity contribution is 8.18. The van der Waals surface area contributed by atoms with Crippen LogP contribution in [0.1, 0.15) is 5.69 Å². The maximum Gasteiger partial charge on any atom is 0.266 e. The first kappa shape index (κ1) is 14.3. The average Bonchev–Trinajstić information content (AvgIpc) is 2.77. The number of phenols is 1. The first-order chi connectivity index (χ1) is 10.6. The van der Waals surface area contributed by atoms with E-state index >= 15 is 0 Å². The molecule has 5 nitrogen and oxygen atoms in total. The predicted molar refractivity (Wildman–Crippen MR) is 87.8 cm³/mol. The summed E-state index contributed by atoms with van der Waals surface area (Å²) in [5.41, 5.74) is 1.33. The Balaban J connectivity index is 1.90. The number of hydrogen-bond donors (Lipinski definition) is 1. The second-order valence-corrected chi connectivity index (χ2v) is 5.65. The molecule has 0 bridgehead atoms. The van der Waals surface area contributed by atoms with E-state index in [1.165, 1.54) is 16.7 Å². The highest BCUT2D eigenvalue weighted by atomic mass is 32.2.